The Hall–Kier alpha value is -2.20. The summed E-state index contributed by atoms with van der Waals surface area (Å²) in [6, 6.07) is 14.5. The molecule has 0 aliphatic rings. The number of hydrogen-bond donors (Lipinski definition) is 4. The summed E-state index contributed by atoms with van der Waals surface area (Å²) in [5, 5.41) is 18.9. The highest BCUT2D eigenvalue weighted by Gasteiger charge is 2.04. The third kappa shape index (κ3) is 2.89. The molecule has 2 aromatic carbocycles. The molecular formula is C13H14N2O2. The van der Waals surface area contributed by atoms with E-state index >= 15 is 0 Å². The molecule has 0 aliphatic heterocycles. The molecule has 0 aliphatic carbocycles. The van der Waals surface area contributed by atoms with Crippen LogP contribution in [-0.2, 0) is 6.54 Å². The monoisotopic (exact) mass is 230 g/mol. The normalized spacial score (nSPS) is 10.1. The van der Waals surface area contributed by atoms with Gasteiger partial charge < -0.3 is 15.6 Å². The van der Waals surface area contributed by atoms with E-state index in [0.717, 1.165) is 5.69 Å². The van der Waals surface area contributed by atoms with Crippen molar-refractivity contribution in [3.63, 3.8) is 0 Å². The second-order valence-electron chi connectivity index (χ2n) is 3.63. The summed E-state index contributed by atoms with van der Waals surface area (Å²) in [4.78, 5) is 0. The number of hydrazine groups is 1. The molecule has 0 amide bonds. The number of phenols is 2. The number of para-hydroxylation sites is 2. The molecule has 0 saturated carbocycles. The van der Waals surface area contributed by atoms with Crippen LogP contribution in [0.15, 0.2) is 48.5 Å². The first-order chi connectivity index (χ1) is 8.27. The minimum atomic E-state index is -0.107. The van der Waals surface area contributed by atoms with Crippen molar-refractivity contribution in [3.05, 3.63) is 54.1 Å². The van der Waals surface area contributed by atoms with Gasteiger partial charge in [-0.05, 0) is 18.2 Å². The molecule has 4 N–H and O–H groups in total. The fourth-order valence-electron chi connectivity index (χ4n) is 1.48. The van der Waals surface area contributed by atoms with Crippen molar-refractivity contribution in [2.75, 3.05) is 5.43 Å². The van der Waals surface area contributed by atoms with Crippen LogP contribution in [0.25, 0.3) is 0 Å². The summed E-state index contributed by atoms with van der Waals surface area (Å²) in [5.74, 6) is -0.195. The maximum Gasteiger partial charge on any atom is 0.162 e. The number of phenolic OH excluding ortho intramolecular Hbond substituents is 2. The average Bonchev–Trinajstić information content (AvgIpc) is 2.36. The molecule has 2 rings (SSSR count). The summed E-state index contributed by atoms with van der Waals surface area (Å²) >= 11 is 0. The third-order valence-electron chi connectivity index (χ3n) is 2.38. The van der Waals surface area contributed by atoms with E-state index in [4.69, 9.17) is 0 Å². The summed E-state index contributed by atoms with van der Waals surface area (Å²) in [7, 11) is 0. The molecule has 0 bridgehead atoms. The van der Waals surface area contributed by atoms with Gasteiger partial charge in [-0.3, -0.25) is 0 Å². The van der Waals surface area contributed by atoms with Crippen molar-refractivity contribution in [2.24, 2.45) is 0 Å². The van der Waals surface area contributed by atoms with Crippen LogP contribution in [0.1, 0.15) is 5.56 Å². The Morgan fingerprint density at radius 3 is 2.41 bits per heavy atom. The molecule has 0 atom stereocenters. The Morgan fingerprint density at radius 1 is 0.882 bits per heavy atom. The van der Waals surface area contributed by atoms with Gasteiger partial charge in [0.15, 0.2) is 11.5 Å². The van der Waals surface area contributed by atoms with Gasteiger partial charge in [-0.15, -0.1) is 0 Å². The van der Waals surface area contributed by atoms with Gasteiger partial charge in [0.2, 0.25) is 0 Å². The predicted molar refractivity (Wildman–Crippen MR) is 66.7 cm³/mol. The number of nitrogens with one attached hydrogen (secondary N) is 2. The lowest BCUT2D eigenvalue weighted by atomic mass is 10.2. The molecule has 0 spiro atoms. The highest BCUT2D eigenvalue weighted by atomic mass is 16.3. The van der Waals surface area contributed by atoms with E-state index in [-0.39, 0.29) is 11.5 Å². The molecule has 2 aromatic rings. The van der Waals surface area contributed by atoms with Crippen molar-refractivity contribution in [1.29, 1.82) is 0 Å². The second-order valence-corrected chi connectivity index (χ2v) is 3.63. The molecule has 0 aromatic heterocycles. The van der Waals surface area contributed by atoms with Crippen molar-refractivity contribution < 1.29 is 10.2 Å². The highest BCUT2D eigenvalue weighted by molar-refractivity contribution is 5.45. The quantitative estimate of drug-likeness (QED) is 0.480. The Labute approximate surface area is 99.5 Å². The third-order valence-corrected chi connectivity index (χ3v) is 2.38. The van der Waals surface area contributed by atoms with Crippen molar-refractivity contribution in [3.8, 4) is 11.5 Å². The van der Waals surface area contributed by atoms with Crippen LogP contribution in [0.2, 0.25) is 0 Å². The fraction of sp³-hybridized carbons (Fsp3) is 0.0769. The Balaban J connectivity index is 1.93. The molecule has 0 saturated heterocycles. The van der Waals surface area contributed by atoms with Gasteiger partial charge in [0.25, 0.3) is 0 Å². The van der Waals surface area contributed by atoms with Gasteiger partial charge in [-0.25, -0.2) is 5.43 Å². The lowest BCUT2D eigenvalue weighted by molar-refractivity contribution is 0.398. The van der Waals surface area contributed by atoms with E-state index in [1.165, 1.54) is 6.07 Å². The first-order valence-electron chi connectivity index (χ1n) is 5.31. The molecule has 17 heavy (non-hydrogen) atoms. The van der Waals surface area contributed by atoms with Crippen LogP contribution in [0, 0.1) is 0 Å². The van der Waals surface area contributed by atoms with Gasteiger partial charge in [0.1, 0.15) is 0 Å². The van der Waals surface area contributed by atoms with E-state index in [1.807, 2.05) is 30.3 Å². The average molecular weight is 230 g/mol. The Kier molecular flexibility index (Phi) is 3.47. The van der Waals surface area contributed by atoms with Crippen LogP contribution < -0.4 is 10.9 Å². The predicted octanol–water partition coefficient (Wildman–Crippen LogP) is 2.21. The van der Waals surface area contributed by atoms with Crippen molar-refractivity contribution in [1.82, 2.24) is 5.43 Å². The standard InChI is InChI=1S/C13H14N2O2/c16-12-8-4-5-10(13(12)17)9-14-15-11-6-2-1-3-7-11/h1-8,14-17H,9H2. The number of aromatic hydroxyl groups is 2. The number of hydrogen-bond acceptors (Lipinski definition) is 4. The molecule has 0 unspecified atom stereocenters. The molecule has 4 heteroatoms. The van der Waals surface area contributed by atoms with E-state index in [1.54, 1.807) is 12.1 Å². The molecule has 88 valence electrons. The number of anilines is 1. The summed E-state index contributed by atoms with van der Waals surface area (Å²) in [5.41, 5.74) is 7.53. The van der Waals surface area contributed by atoms with Crippen molar-refractivity contribution >= 4 is 5.69 Å². The van der Waals surface area contributed by atoms with Gasteiger partial charge in [0.05, 0.1) is 0 Å². The number of rotatable bonds is 4. The fourth-order valence-corrected chi connectivity index (χ4v) is 1.48. The van der Waals surface area contributed by atoms with Crippen LogP contribution in [0.5, 0.6) is 11.5 Å². The molecule has 4 nitrogen and oxygen atoms in total. The minimum Gasteiger partial charge on any atom is -0.504 e. The van der Waals surface area contributed by atoms with Crippen LogP contribution >= 0.6 is 0 Å². The van der Waals surface area contributed by atoms with Gasteiger partial charge in [-0.2, -0.15) is 0 Å². The van der Waals surface area contributed by atoms with Crippen LogP contribution in [0.3, 0.4) is 0 Å². The zero-order valence-corrected chi connectivity index (χ0v) is 9.22. The van der Waals surface area contributed by atoms with Gasteiger partial charge in [-0.1, -0.05) is 30.3 Å². The maximum absolute atomic E-state index is 9.58. The zero-order valence-electron chi connectivity index (χ0n) is 9.22. The van der Waals surface area contributed by atoms with Crippen LogP contribution in [-0.4, -0.2) is 10.2 Å². The van der Waals surface area contributed by atoms with E-state index in [2.05, 4.69) is 10.9 Å². The summed E-state index contributed by atoms with van der Waals surface area (Å²) < 4.78 is 0. The van der Waals surface area contributed by atoms with Crippen LogP contribution in [0.4, 0.5) is 5.69 Å². The van der Waals surface area contributed by atoms with Crippen molar-refractivity contribution in [2.45, 2.75) is 6.54 Å². The van der Waals surface area contributed by atoms with E-state index < -0.39 is 0 Å². The van der Waals surface area contributed by atoms with Gasteiger partial charge >= 0.3 is 0 Å². The van der Waals surface area contributed by atoms with Gasteiger partial charge in [0, 0.05) is 17.8 Å². The Bertz CT molecular complexity index is 486. The largest absolute Gasteiger partial charge is 0.504 e. The van der Waals surface area contributed by atoms with E-state index in [0.29, 0.717) is 12.1 Å². The SMILES string of the molecule is Oc1cccc(CNNc2ccccc2)c1O. The summed E-state index contributed by atoms with van der Waals surface area (Å²) in [6.07, 6.45) is 0. The second kappa shape index (κ2) is 5.23. The summed E-state index contributed by atoms with van der Waals surface area (Å²) in [6.45, 7) is 0.412. The minimum absolute atomic E-state index is 0.0881. The maximum atomic E-state index is 9.58. The molecule has 0 radical (unpaired) electrons. The Morgan fingerprint density at radius 2 is 1.65 bits per heavy atom. The smallest absolute Gasteiger partial charge is 0.162 e. The molecule has 0 fully saturated rings. The lowest BCUT2D eigenvalue weighted by Crippen LogP contribution is -2.20. The zero-order chi connectivity index (χ0) is 12.1. The number of benzene rings is 2. The molecular weight excluding hydrogens is 216 g/mol. The topological polar surface area (TPSA) is 64.5 Å². The first kappa shape index (κ1) is 11.3. The lowest BCUT2D eigenvalue weighted by Gasteiger charge is -2.09. The highest BCUT2D eigenvalue weighted by Crippen LogP contribution is 2.27. The van der Waals surface area contributed by atoms with E-state index in [9.17, 15) is 10.2 Å². The molecule has 0 heterocycles. The first-order valence-corrected chi connectivity index (χ1v) is 5.31.